The highest BCUT2D eigenvalue weighted by Gasteiger charge is 2.08. The molecule has 0 amide bonds. The number of ether oxygens (including phenoxy) is 1. The van der Waals surface area contributed by atoms with Crippen molar-refractivity contribution >= 4 is 11.7 Å². The number of rotatable bonds is 18. The minimum atomic E-state index is -0.324. The van der Waals surface area contributed by atoms with Gasteiger partial charge < -0.3 is 10.1 Å². The SMILES string of the molecule is CCCCCCCCCCCCCCCCNc1ccc(C(=O)Oc2ccccc2)cc1. The second-order valence-electron chi connectivity index (χ2n) is 8.80. The monoisotopic (exact) mass is 437 g/mol. The summed E-state index contributed by atoms with van der Waals surface area (Å²) < 4.78 is 5.37. The topological polar surface area (TPSA) is 38.3 Å². The van der Waals surface area contributed by atoms with Gasteiger partial charge in [-0.25, -0.2) is 4.79 Å². The average molecular weight is 438 g/mol. The molecule has 176 valence electrons. The van der Waals surface area contributed by atoms with Crippen LogP contribution in [0.3, 0.4) is 0 Å². The molecule has 32 heavy (non-hydrogen) atoms. The summed E-state index contributed by atoms with van der Waals surface area (Å²) in [6.07, 6.45) is 19.3. The van der Waals surface area contributed by atoms with Crippen molar-refractivity contribution in [2.45, 2.75) is 96.8 Å². The van der Waals surface area contributed by atoms with Crippen LogP contribution in [0.4, 0.5) is 5.69 Å². The number of nitrogens with one attached hydrogen (secondary N) is 1. The van der Waals surface area contributed by atoms with E-state index in [1.54, 1.807) is 12.1 Å². The van der Waals surface area contributed by atoms with Gasteiger partial charge in [0.25, 0.3) is 0 Å². The summed E-state index contributed by atoms with van der Waals surface area (Å²) in [6.45, 7) is 3.26. The first-order valence-corrected chi connectivity index (χ1v) is 12.9. The van der Waals surface area contributed by atoms with Crippen molar-refractivity contribution in [2.75, 3.05) is 11.9 Å². The van der Waals surface area contributed by atoms with Crippen LogP contribution in [-0.2, 0) is 0 Å². The van der Waals surface area contributed by atoms with Crippen molar-refractivity contribution in [2.24, 2.45) is 0 Å². The fraction of sp³-hybridized carbons (Fsp3) is 0.552. The summed E-state index contributed by atoms with van der Waals surface area (Å²) in [5, 5.41) is 3.45. The van der Waals surface area contributed by atoms with E-state index in [0.29, 0.717) is 11.3 Å². The maximum Gasteiger partial charge on any atom is 0.343 e. The van der Waals surface area contributed by atoms with E-state index in [2.05, 4.69) is 12.2 Å². The molecular formula is C29H43NO2. The van der Waals surface area contributed by atoms with Crippen molar-refractivity contribution < 1.29 is 9.53 Å². The van der Waals surface area contributed by atoms with Crippen LogP contribution in [0.15, 0.2) is 54.6 Å². The van der Waals surface area contributed by atoms with Crippen molar-refractivity contribution in [1.29, 1.82) is 0 Å². The minimum Gasteiger partial charge on any atom is -0.423 e. The Bertz CT molecular complexity index is 712. The third kappa shape index (κ3) is 11.9. The number of esters is 1. The predicted molar refractivity (Wildman–Crippen MR) is 137 cm³/mol. The van der Waals surface area contributed by atoms with Crippen molar-refractivity contribution in [1.82, 2.24) is 0 Å². The fourth-order valence-electron chi connectivity index (χ4n) is 3.93. The molecule has 0 unspecified atom stereocenters. The zero-order valence-electron chi connectivity index (χ0n) is 20.1. The lowest BCUT2D eigenvalue weighted by atomic mass is 10.0. The molecule has 0 radical (unpaired) electrons. The van der Waals surface area contributed by atoms with Crippen LogP contribution in [0.25, 0.3) is 0 Å². The first-order valence-electron chi connectivity index (χ1n) is 12.9. The minimum absolute atomic E-state index is 0.324. The van der Waals surface area contributed by atoms with Crippen LogP contribution in [-0.4, -0.2) is 12.5 Å². The Morgan fingerprint density at radius 2 is 1.16 bits per heavy atom. The van der Waals surface area contributed by atoms with Gasteiger partial charge in [-0.2, -0.15) is 0 Å². The molecule has 0 bridgehead atoms. The summed E-state index contributed by atoms with van der Waals surface area (Å²) in [4.78, 5) is 12.2. The van der Waals surface area contributed by atoms with Gasteiger partial charge in [-0.15, -0.1) is 0 Å². The lowest BCUT2D eigenvalue weighted by Gasteiger charge is -2.08. The summed E-state index contributed by atoms with van der Waals surface area (Å²) in [5.74, 6) is 0.243. The number of carbonyl (C=O) groups excluding carboxylic acids is 1. The van der Waals surface area contributed by atoms with Gasteiger partial charge in [0, 0.05) is 12.2 Å². The van der Waals surface area contributed by atoms with Gasteiger partial charge in [0.2, 0.25) is 0 Å². The molecule has 0 fully saturated rings. The Balaban J connectivity index is 1.43. The highest BCUT2D eigenvalue weighted by Crippen LogP contribution is 2.15. The standard InChI is InChI=1S/C29H43NO2/c1-2-3-4-5-6-7-8-9-10-11-12-13-14-18-25-30-27-23-21-26(22-24-27)29(31)32-28-19-16-15-17-20-28/h15-17,19-24,30H,2-14,18,25H2,1H3. The molecule has 0 saturated carbocycles. The van der Waals surface area contributed by atoms with Gasteiger partial charge in [0.1, 0.15) is 5.75 Å². The van der Waals surface area contributed by atoms with Gasteiger partial charge in [-0.3, -0.25) is 0 Å². The zero-order valence-corrected chi connectivity index (χ0v) is 20.1. The molecule has 3 heteroatoms. The van der Waals surface area contributed by atoms with Gasteiger partial charge >= 0.3 is 5.97 Å². The summed E-state index contributed by atoms with van der Waals surface area (Å²) in [6, 6.07) is 16.7. The van der Waals surface area contributed by atoms with E-state index in [1.165, 1.54) is 89.9 Å². The highest BCUT2D eigenvalue weighted by atomic mass is 16.5. The second-order valence-corrected chi connectivity index (χ2v) is 8.80. The van der Waals surface area contributed by atoms with Crippen LogP contribution in [0.1, 0.15) is 107 Å². The molecule has 1 N–H and O–H groups in total. The average Bonchev–Trinajstić information content (AvgIpc) is 2.82. The number of hydrogen-bond donors (Lipinski definition) is 1. The molecule has 0 atom stereocenters. The summed E-state index contributed by atoms with van der Waals surface area (Å²) in [7, 11) is 0. The number of unbranched alkanes of at least 4 members (excludes halogenated alkanes) is 13. The molecule has 0 aliphatic heterocycles. The third-order valence-corrected chi connectivity index (χ3v) is 5.93. The molecule has 0 aromatic heterocycles. The molecule has 0 aliphatic carbocycles. The Kier molecular flexibility index (Phi) is 14.0. The van der Waals surface area contributed by atoms with Crippen LogP contribution in [0, 0.1) is 0 Å². The summed E-state index contributed by atoms with van der Waals surface area (Å²) in [5.41, 5.74) is 1.62. The van der Waals surface area contributed by atoms with Gasteiger partial charge in [0.05, 0.1) is 5.56 Å². The highest BCUT2D eigenvalue weighted by molar-refractivity contribution is 5.91. The molecule has 2 aromatic carbocycles. The largest absolute Gasteiger partial charge is 0.423 e. The lowest BCUT2D eigenvalue weighted by molar-refractivity contribution is 0.0735. The van der Waals surface area contributed by atoms with E-state index in [0.717, 1.165) is 12.2 Å². The van der Waals surface area contributed by atoms with Gasteiger partial charge in [-0.1, -0.05) is 109 Å². The number of anilines is 1. The predicted octanol–water partition coefficient (Wildman–Crippen LogP) is 8.80. The first-order chi connectivity index (χ1) is 15.8. The second kappa shape index (κ2) is 17.3. The van der Waals surface area contributed by atoms with E-state index in [9.17, 15) is 4.79 Å². The number of para-hydroxylation sites is 1. The Labute approximate surface area is 196 Å². The Morgan fingerprint density at radius 1 is 0.656 bits per heavy atom. The van der Waals surface area contributed by atoms with E-state index in [4.69, 9.17) is 4.74 Å². The lowest BCUT2D eigenvalue weighted by Crippen LogP contribution is -2.08. The quantitative estimate of drug-likeness (QED) is 0.144. The molecule has 3 nitrogen and oxygen atoms in total. The molecule has 2 aromatic rings. The van der Waals surface area contributed by atoms with Crippen molar-refractivity contribution in [3.8, 4) is 5.75 Å². The van der Waals surface area contributed by atoms with E-state index < -0.39 is 0 Å². The van der Waals surface area contributed by atoms with E-state index in [1.807, 2.05) is 42.5 Å². The first kappa shape index (κ1) is 26.0. The Morgan fingerprint density at radius 3 is 1.69 bits per heavy atom. The molecule has 0 spiro atoms. The molecule has 0 aliphatic rings. The van der Waals surface area contributed by atoms with Crippen LogP contribution in [0.2, 0.25) is 0 Å². The number of hydrogen-bond acceptors (Lipinski definition) is 3. The van der Waals surface area contributed by atoms with Crippen molar-refractivity contribution in [3.63, 3.8) is 0 Å². The molecular weight excluding hydrogens is 394 g/mol. The van der Waals surface area contributed by atoms with Crippen LogP contribution in [0.5, 0.6) is 5.75 Å². The fourth-order valence-corrected chi connectivity index (χ4v) is 3.93. The van der Waals surface area contributed by atoms with Crippen LogP contribution < -0.4 is 10.1 Å². The van der Waals surface area contributed by atoms with Crippen molar-refractivity contribution in [3.05, 3.63) is 60.2 Å². The van der Waals surface area contributed by atoms with E-state index >= 15 is 0 Å². The third-order valence-electron chi connectivity index (χ3n) is 5.93. The van der Waals surface area contributed by atoms with E-state index in [-0.39, 0.29) is 5.97 Å². The summed E-state index contributed by atoms with van der Waals surface area (Å²) >= 11 is 0. The molecule has 0 saturated heterocycles. The normalized spacial score (nSPS) is 10.8. The van der Waals surface area contributed by atoms with Gasteiger partial charge in [-0.05, 0) is 42.8 Å². The number of benzene rings is 2. The smallest absolute Gasteiger partial charge is 0.343 e. The molecule has 2 rings (SSSR count). The molecule has 0 heterocycles. The Hall–Kier alpha value is -2.29. The van der Waals surface area contributed by atoms with Gasteiger partial charge in [0.15, 0.2) is 0 Å². The maximum absolute atomic E-state index is 12.2. The zero-order chi connectivity index (χ0) is 22.7. The maximum atomic E-state index is 12.2. The number of carbonyl (C=O) groups is 1. The van der Waals surface area contributed by atoms with Crippen LogP contribution >= 0.6 is 0 Å².